The van der Waals surface area contributed by atoms with E-state index in [1.807, 2.05) is 30.3 Å². The van der Waals surface area contributed by atoms with Gasteiger partial charge in [-0.2, -0.15) is 0 Å². The molecule has 0 aliphatic heterocycles. The first kappa shape index (κ1) is 14.3. The van der Waals surface area contributed by atoms with Gasteiger partial charge < -0.3 is 9.88 Å². The van der Waals surface area contributed by atoms with E-state index in [1.54, 1.807) is 4.90 Å². The van der Waals surface area contributed by atoms with Gasteiger partial charge in [0.2, 0.25) is 0 Å². The van der Waals surface area contributed by atoms with Crippen molar-refractivity contribution in [2.24, 2.45) is 0 Å². The number of pyridine rings is 1. The average molecular weight is 291 g/mol. The molecule has 1 N–H and O–H groups in total. The summed E-state index contributed by atoms with van der Waals surface area (Å²) in [5, 5.41) is 0. The van der Waals surface area contributed by atoms with Gasteiger partial charge in [0.25, 0.3) is 5.91 Å². The fourth-order valence-corrected chi connectivity index (χ4v) is 2.12. The molecule has 0 fully saturated rings. The first-order chi connectivity index (χ1) is 9.72. The Labute approximate surface area is 122 Å². The van der Waals surface area contributed by atoms with Crippen LogP contribution in [0.4, 0.5) is 0 Å². The lowest BCUT2D eigenvalue weighted by Gasteiger charge is -2.21. The van der Waals surface area contributed by atoms with Gasteiger partial charge in [-0.15, -0.1) is 11.6 Å². The van der Waals surface area contributed by atoms with Crippen LogP contribution in [0.3, 0.4) is 0 Å². The van der Waals surface area contributed by atoms with E-state index in [4.69, 9.17) is 11.6 Å². The maximum atomic E-state index is 12.4. The van der Waals surface area contributed by atoms with Crippen molar-refractivity contribution in [2.75, 3.05) is 12.4 Å². The largest absolute Gasteiger partial charge is 0.367 e. The predicted octanol–water partition coefficient (Wildman–Crippen LogP) is 2.26. The smallest absolute Gasteiger partial charge is 0.259 e. The van der Waals surface area contributed by atoms with Gasteiger partial charge in [-0.05, 0) is 5.56 Å². The van der Waals surface area contributed by atoms with Crippen LogP contribution in [0, 0.1) is 0 Å². The Morgan fingerprint density at radius 1 is 1.20 bits per heavy atom. The number of amides is 1. The molecule has 20 heavy (non-hydrogen) atoms. The van der Waals surface area contributed by atoms with Crippen LogP contribution in [-0.2, 0) is 6.54 Å². The Bertz CT molecular complexity index is 625. The normalized spacial score (nSPS) is 10.2. The van der Waals surface area contributed by atoms with Crippen LogP contribution in [0.1, 0.15) is 15.9 Å². The Hall–Kier alpha value is -2.07. The predicted molar refractivity (Wildman–Crippen MR) is 79.0 cm³/mol. The number of aromatic nitrogens is 1. The summed E-state index contributed by atoms with van der Waals surface area (Å²) < 4.78 is 0. The Morgan fingerprint density at radius 3 is 2.60 bits per heavy atom. The Balaban J connectivity index is 2.22. The van der Waals surface area contributed by atoms with E-state index >= 15 is 0 Å². The summed E-state index contributed by atoms with van der Waals surface area (Å²) in [7, 11) is 0. The van der Waals surface area contributed by atoms with Gasteiger partial charge in [-0.1, -0.05) is 30.3 Å². The molecule has 0 unspecified atom stereocenters. The minimum atomic E-state index is -0.309. The number of nitrogens with one attached hydrogen (secondary N) is 1. The van der Waals surface area contributed by atoms with Gasteiger partial charge in [0, 0.05) is 37.4 Å². The summed E-state index contributed by atoms with van der Waals surface area (Å²) in [6.45, 7) is 0.824. The minimum Gasteiger partial charge on any atom is -0.367 e. The van der Waals surface area contributed by atoms with Gasteiger partial charge in [-0.25, -0.2) is 0 Å². The Morgan fingerprint density at radius 2 is 1.95 bits per heavy atom. The second-order valence-electron chi connectivity index (χ2n) is 4.32. The molecule has 0 saturated carbocycles. The molecule has 1 aromatic heterocycles. The summed E-state index contributed by atoms with van der Waals surface area (Å²) in [6.07, 6.45) is 2.93. The number of benzene rings is 1. The van der Waals surface area contributed by atoms with Gasteiger partial charge in [0.15, 0.2) is 5.43 Å². The third-order valence-corrected chi connectivity index (χ3v) is 3.08. The van der Waals surface area contributed by atoms with Crippen molar-refractivity contribution < 1.29 is 4.79 Å². The number of halogens is 1. The second-order valence-corrected chi connectivity index (χ2v) is 4.70. The van der Waals surface area contributed by atoms with E-state index in [0.29, 0.717) is 19.0 Å². The monoisotopic (exact) mass is 290 g/mol. The standard InChI is InChI=1S/C15H15ClN2O2/c16-7-9-18(11-12-4-2-1-3-5-12)15(20)13-10-17-8-6-14(13)19/h1-6,8,10H,7,9,11H2,(H,17,19). The molecule has 0 spiro atoms. The summed E-state index contributed by atoms with van der Waals surface area (Å²) in [4.78, 5) is 28.5. The average Bonchev–Trinajstić information content (AvgIpc) is 2.48. The number of nitrogens with zero attached hydrogens (tertiary/aromatic N) is 1. The summed E-state index contributed by atoms with van der Waals surface area (Å²) >= 11 is 5.75. The Kier molecular flexibility index (Phi) is 4.96. The van der Waals surface area contributed by atoms with Gasteiger partial charge >= 0.3 is 0 Å². The SMILES string of the molecule is O=C(c1c[nH]ccc1=O)N(CCCl)Cc1ccccc1. The van der Waals surface area contributed by atoms with Crippen LogP contribution in [0.2, 0.25) is 0 Å². The van der Waals surface area contributed by atoms with E-state index in [2.05, 4.69) is 4.98 Å². The van der Waals surface area contributed by atoms with Crippen LogP contribution < -0.4 is 5.43 Å². The zero-order chi connectivity index (χ0) is 14.4. The number of rotatable bonds is 5. The molecule has 0 aliphatic rings. The summed E-state index contributed by atoms with van der Waals surface area (Å²) in [6, 6.07) is 10.9. The number of carbonyl (C=O) groups excluding carboxylic acids is 1. The van der Waals surface area contributed by atoms with Crippen molar-refractivity contribution in [3.63, 3.8) is 0 Å². The third kappa shape index (κ3) is 3.48. The fourth-order valence-electron chi connectivity index (χ4n) is 1.91. The molecule has 4 nitrogen and oxygen atoms in total. The first-order valence-corrected chi connectivity index (χ1v) is 6.82. The molecular weight excluding hydrogens is 276 g/mol. The highest BCUT2D eigenvalue weighted by molar-refractivity contribution is 6.18. The molecule has 0 bridgehead atoms. The maximum Gasteiger partial charge on any atom is 0.259 e. The van der Waals surface area contributed by atoms with Crippen LogP contribution in [0.25, 0.3) is 0 Å². The quantitative estimate of drug-likeness (QED) is 0.859. The van der Waals surface area contributed by atoms with Gasteiger partial charge in [0.05, 0.1) is 0 Å². The zero-order valence-corrected chi connectivity index (χ0v) is 11.6. The topological polar surface area (TPSA) is 53.2 Å². The van der Waals surface area contributed by atoms with Crippen molar-refractivity contribution in [2.45, 2.75) is 6.54 Å². The number of carbonyl (C=O) groups is 1. The van der Waals surface area contributed by atoms with Crippen LogP contribution in [0.15, 0.2) is 53.6 Å². The molecule has 0 saturated heterocycles. The van der Waals surface area contributed by atoms with Gasteiger partial charge in [-0.3, -0.25) is 9.59 Å². The molecule has 1 aromatic carbocycles. The molecule has 0 atom stereocenters. The molecule has 1 heterocycles. The molecular formula is C15H15ClN2O2. The summed E-state index contributed by atoms with van der Waals surface area (Å²) in [5.74, 6) is 0.0138. The fraction of sp³-hybridized carbons (Fsp3) is 0.200. The first-order valence-electron chi connectivity index (χ1n) is 6.28. The van der Waals surface area contributed by atoms with Crippen molar-refractivity contribution in [3.05, 3.63) is 70.1 Å². The highest BCUT2D eigenvalue weighted by Crippen LogP contribution is 2.08. The lowest BCUT2D eigenvalue weighted by molar-refractivity contribution is 0.0752. The third-order valence-electron chi connectivity index (χ3n) is 2.91. The highest BCUT2D eigenvalue weighted by atomic mass is 35.5. The molecule has 0 radical (unpaired) electrons. The molecule has 1 amide bonds. The maximum absolute atomic E-state index is 12.4. The number of alkyl halides is 1. The van der Waals surface area contributed by atoms with E-state index in [1.165, 1.54) is 18.5 Å². The van der Waals surface area contributed by atoms with Crippen LogP contribution in [0.5, 0.6) is 0 Å². The molecule has 2 rings (SSSR count). The van der Waals surface area contributed by atoms with Crippen LogP contribution >= 0.6 is 11.6 Å². The van der Waals surface area contributed by atoms with Crippen LogP contribution in [-0.4, -0.2) is 28.2 Å². The highest BCUT2D eigenvalue weighted by Gasteiger charge is 2.18. The molecule has 5 heteroatoms. The van der Waals surface area contributed by atoms with Gasteiger partial charge in [0.1, 0.15) is 5.56 Å². The van der Waals surface area contributed by atoms with Crippen molar-refractivity contribution in [1.82, 2.24) is 9.88 Å². The number of hydrogen-bond donors (Lipinski definition) is 1. The van der Waals surface area contributed by atoms with Crippen molar-refractivity contribution in [3.8, 4) is 0 Å². The number of H-pyrrole nitrogens is 1. The lowest BCUT2D eigenvalue weighted by Crippen LogP contribution is -2.35. The molecule has 104 valence electrons. The van der Waals surface area contributed by atoms with E-state index < -0.39 is 0 Å². The zero-order valence-electron chi connectivity index (χ0n) is 10.9. The van der Waals surface area contributed by atoms with Crippen molar-refractivity contribution in [1.29, 1.82) is 0 Å². The lowest BCUT2D eigenvalue weighted by atomic mass is 10.2. The summed E-state index contributed by atoms with van der Waals surface area (Å²) in [5.41, 5.74) is 0.841. The number of aromatic amines is 1. The minimum absolute atomic E-state index is 0.133. The number of hydrogen-bond acceptors (Lipinski definition) is 2. The van der Waals surface area contributed by atoms with Crippen molar-refractivity contribution >= 4 is 17.5 Å². The second kappa shape index (κ2) is 6.91. The molecule has 0 aliphatic carbocycles. The van der Waals surface area contributed by atoms with E-state index in [9.17, 15) is 9.59 Å². The molecule has 2 aromatic rings. The van der Waals surface area contributed by atoms with E-state index in [0.717, 1.165) is 5.56 Å². The van der Waals surface area contributed by atoms with E-state index in [-0.39, 0.29) is 16.9 Å².